The molecule has 0 unspecified atom stereocenters. The SMILES string of the molecule is C=CCNS(=O)(=O)Cc1ccc(NC(=O)CCc2c(C)nc3c(C#N)cnn3c2C)cc1. The second-order valence-electron chi connectivity index (χ2n) is 7.31. The molecule has 0 saturated carbocycles. The molecule has 3 rings (SSSR count). The number of benzene rings is 1. The third-order valence-corrected chi connectivity index (χ3v) is 6.29. The average molecular weight is 453 g/mol. The Morgan fingerprint density at radius 3 is 2.66 bits per heavy atom. The number of aryl methyl sites for hydroxylation is 2. The number of anilines is 1. The predicted molar refractivity (Wildman–Crippen MR) is 121 cm³/mol. The van der Waals surface area contributed by atoms with Crippen LogP contribution in [0.1, 0.15) is 34.5 Å². The van der Waals surface area contributed by atoms with Crippen LogP contribution in [0.3, 0.4) is 0 Å². The maximum Gasteiger partial charge on any atom is 0.224 e. The van der Waals surface area contributed by atoms with E-state index in [0.29, 0.717) is 28.9 Å². The van der Waals surface area contributed by atoms with Gasteiger partial charge in [-0.25, -0.2) is 22.6 Å². The first-order chi connectivity index (χ1) is 15.2. The smallest absolute Gasteiger partial charge is 0.224 e. The van der Waals surface area contributed by atoms with Crippen molar-refractivity contribution in [1.29, 1.82) is 5.26 Å². The summed E-state index contributed by atoms with van der Waals surface area (Å²) in [6.07, 6.45) is 3.67. The Balaban J connectivity index is 1.62. The lowest BCUT2D eigenvalue weighted by Crippen LogP contribution is -2.25. The van der Waals surface area contributed by atoms with E-state index in [-0.39, 0.29) is 24.6 Å². The zero-order chi connectivity index (χ0) is 23.3. The number of aromatic nitrogens is 3. The molecule has 166 valence electrons. The second-order valence-corrected chi connectivity index (χ2v) is 9.11. The molecule has 0 spiro atoms. The number of fused-ring (bicyclic) bond motifs is 1. The number of nitrogens with zero attached hydrogens (tertiary/aromatic N) is 4. The number of hydrogen-bond acceptors (Lipinski definition) is 6. The van der Waals surface area contributed by atoms with E-state index in [1.807, 2.05) is 13.8 Å². The van der Waals surface area contributed by atoms with Gasteiger partial charge in [0.1, 0.15) is 11.6 Å². The van der Waals surface area contributed by atoms with Crippen LogP contribution in [-0.2, 0) is 27.0 Å². The fourth-order valence-electron chi connectivity index (χ4n) is 3.35. The normalized spacial score (nSPS) is 11.3. The van der Waals surface area contributed by atoms with Crippen LogP contribution in [0.4, 0.5) is 5.69 Å². The maximum atomic E-state index is 12.4. The molecule has 32 heavy (non-hydrogen) atoms. The van der Waals surface area contributed by atoms with Crippen molar-refractivity contribution < 1.29 is 13.2 Å². The molecule has 0 saturated heterocycles. The van der Waals surface area contributed by atoms with Gasteiger partial charge in [-0.15, -0.1) is 6.58 Å². The first-order valence-electron chi connectivity index (χ1n) is 9.95. The van der Waals surface area contributed by atoms with E-state index in [9.17, 15) is 13.2 Å². The molecular formula is C22H24N6O3S. The summed E-state index contributed by atoms with van der Waals surface area (Å²) in [6, 6.07) is 8.76. The van der Waals surface area contributed by atoms with E-state index in [4.69, 9.17) is 5.26 Å². The summed E-state index contributed by atoms with van der Waals surface area (Å²) in [5, 5.41) is 16.2. The molecule has 9 nitrogen and oxygen atoms in total. The Kier molecular flexibility index (Phi) is 7.02. The van der Waals surface area contributed by atoms with Gasteiger partial charge in [0, 0.05) is 30.0 Å². The van der Waals surface area contributed by atoms with Gasteiger partial charge >= 0.3 is 0 Å². The molecule has 2 heterocycles. The van der Waals surface area contributed by atoms with Gasteiger partial charge < -0.3 is 5.32 Å². The van der Waals surface area contributed by atoms with Gasteiger partial charge in [0.15, 0.2) is 5.65 Å². The topological polar surface area (TPSA) is 129 Å². The highest BCUT2D eigenvalue weighted by atomic mass is 32.2. The van der Waals surface area contributed by atoms with Gasteiger partial charge in [-0.3, -0.25) is 4.79 Å². The van der Waals surface area contributed by atoms with Gasteiger partial charge in [0.25, 0.3) is 0 Å². The van der Waals surface area contributed by atoms with Crippen molar-refractivity contribution >= 4 is 27.3 Å². The summed E-state index contributed by atoms with van der Waals surface area (Å²) in [4.78, 5) is 16.9. The Labute approximate surface area is 186 Å². The van der Waals surface area contributed by atoms with Crippen LogP contribution >= 0.6 is 0 Å². The molecule has 0 bridgehead atoms. The lowest BCUT2D eigenvalue weighted by atomic mass is 10.1. The Morgan fingerprint density at radius 1 is 1.28 bits per heavy atom. The van der Waals surface area contributed by atoms with E-state index in [1.54, 1.807) is 28.8 Å². The van der Waals surface area contributed by atoms with Crippen molar-refractivity contribution in [2.24, 2.45) is 0 Å². The zero-order valence-corrected chi connectivity index (χ0v) is 18.7. The van der Waals surface area contributed by atoms with E-state index in [2.05, 4.69) is 32.8 Å². The van der Waals surface area contributed by atoms with Crippen molar-refractivity contribution in [3.05, 3.63) is 71.2 Å². The molecule has 0 aliphatic carbocycles. The summed E-state index contributed by atoms with van der Waals surface area (Å²) in [6.45, 7) is 7.40. The molecule has 0 aliphatic heterocycles. The number of sulfonamides is 1. The number of hydrogen-bond donors (Lipinski definition) is 2. The van der Waals surface area contributed by atoms with E-state index in [1.165, 1.54) is 12.3 Å². The number of nitriles is 1. The molecule has 0 atom stereocenters. The van der Waals surface area contributed by atoms with Crippen LogP contribution in [-0.4, -0.2) is 35.5 Å². The molecule has 2 N–H and O–H groups in total. The number of carbonyl (C=O) groups is 1. The largest absolute Gasteiger partial charge is 0.326 e. The number of carbonyl (C=O) groups excluding carboxylic acids is 1. The van der Waals surface area contributed by atoms with Crippen molar-refractivity contribution in [3.63, 3.8) is 0 Å². The molecule has 0 fully saturated rings. The molecule has 10 heteroatoms. The van der Waals surface area contributed by atoms with Gasteiger partial charge in [0.05, 0.1) is 11.9 Å². The lowest BCUT2D eigenvalue weighted by molar-refractivity contribution is -0.116. The molecule has 2 aromatic heterocycles. The van der Waals surface area contributed by atoms with E-state index in [0.717, 1.165) is 17.0 Å². The highest BCUT2D eigenvalue weighted by Gasteiger charge is 2.15. The monoisotopic (exact) mass is 452 g/mol. The lowest BCUT2D eigenvalue weighted by Gasteiger charge is -2.11. The first-order valence-corrected chi connectivity index (χ1v) is 11.6. The van der Waals surface area contributed by atoms with Crippen LogP contribution in [0.15, 0.2) is 43.1 Å². The van der Waals surface area contributed by atoms with Gasteiger partial charge in [-0.1, -0.05) is 18.2 Å². The highest BCUT2D eigenvalue weighted by molar-refractivity contribution is 7.88. The molecular weight excluding hydrogens is 428 g/mol. The standard InChI is InChI=1S/C22H24N6O3S/c1-4-11-25-32(30,31)14-17-5-7-19(8-6-17)27-21(29)10-9-20-15(2)26-22-18(12-23)13-24-28(22)16(20)3/h4-8,13,25H,1,9-11,14H2,2-3H3,(H,27,29). The average Bonchev–Trinajstić information content (AvgIpc) is 3.16. The Bertz CT molecular complexity index is 1300. The molecule has 3 aromatic rings. The molecule has 1 aromatic carbocycles. The molecule has 0 radical (unpaired) electrons. The van der Waals surface area contributed by atoms with Crippen molar-refractivity contribution in [3.8, 4) is 6.07 Å². The summed E-state index contributed by atoms with van der Waals surface area (Å²) >= 11 is 0. The molecule has 0 aliphatic rings. The first kappa shape index (κ1) is 23.1. The predicted octanol–water partition coefficient (Wildman–Crippen LogP) is 2.39. The zero-order valence-electron chi connectivity index (χ0n) is 17.9. The fourth-order valence-corrected chi connectivity index (χ4v) is 4.46. The van der Waals surface area contributed by atoms with Crippen molar-refractivity contribution in [1.82, 2.24) is 19.3 Å². The Hall–Kier alpha value is -3.55. The third kappa shape index (κ3) is 5.38. The van der Waals surface area contributed by atoms with E-state index >= 15 is 0 Å². The summed E-state index contributed by atoms with van der Waals surface area (Å²) in [5.41, 5.74) is 4.63. The van der Waals surface area contributed by atoms with Crippen LogP contribution in [0.25, 0.3) is 5.65 Å². The van der Waals surface area contributed by atoms with Crippen molar-refractivity contribution in [2.45, 2.75) is 32.4 Å². The van der Waals surface area contributed by atoms with Crippen LogP contribution in [0.2, 0.25) is 0 Å². The van der Waals surface area contributed by atoms with Gasteiger partial charge in [0.2, 0.25) is 15.9 Å². The van der Waals surface area contributed by atoms with Crippen LogP contribution < -0.4 is 10.0 Å². The molecule has 1 amide bonds. The summed E-state index contributed by atoms with van der Waals surface area (Å²) in [7, 11) is -3.44. The fraction of sp³-hybridized carbons (Fsp3) is 0.273. The van der Waals surface area contributed by atoms with Gasteiger partial charge in [-0.2, -0.15) is 10.4 Å². The quantitative estimate of drug-likeness (QED) is 0.480. The van der Waals surface area contributed by atoms with Gasteiger partial charge in [-0.05, 0) is 43.5 Å². The minimum absolute atomic E-state index is 0.149. The van der Waals surface area contributed by atoms with Crippen LogP contribution in [0, 0.1) is 25.2 Å². The summed E-state index contributed by atoms with van der Waals surface area (Å²) < 4.78 is 27.9. The van der Waals surface area contributed by atoms with E-state index < -0.39 is 10.0 Å². The highest BCUT2D eigenvalue weighted by Crippen LogP contribution is 2.19. The number of amides is 1. The van der Waals surface area contributed by atoms with Crippen LogP contribution in [0.5, 0.6) is 0 Å². The third-order valence-electron chi connectivity index (χ3n) is 4.97. The van der Waals surface area contributed by atoms with Crippen molar-refractivity contribution in [2.75, 3.05) is 11.9 Å². The minimum Gasteiger partial charge on any atom is -0.326 e. The minimum atomic E-state index is -3.44. The Morgan fingerprint density at radius 2 is 2.00 bits per heavy atom. The number of nitrogens with one attached hydrogen (secondary N) is 2. The number of rotatable bonds is 9. The maximum absolute atomic E-state index is 12.4. The second kappa shape index (κ2) is 9.72. The summed E-state index contributed by atoms with van der Waals surface area (Å²) in [5.74, 6) is -0.320.